The maximum absolute atomic E-state index is 13.5. The quantitative estimate of drug-likeness (QED) is 0.170. The van der Waals surface area contributed by atoms with Gasteiger partial charge in [0.1, 0.15) is 0 Å². The fourth-order valence-corrected chi connectivity index (χ4v) is 4.13. The predicted octanol–water partition coefficient (Wildman–Crippen LogP) is 8.45. The van der Waals surface area contributed by atoms with Gasteiger partial charge in [-0.25, -0.2) is 0 Å². The highest BCUT2D eigenvalue weighted by Crippen LogP contribution is 2.49. The molecular weight excluding hydrogens is 322 g/mol. The van der Waals surface area contributed by atoms with Gasteiger partial charge >= 0.3 is 7.68 Å². The molecule has 4 heteroatoms. The Labute approximate surface area is 150 Å². The van der Waals surface area contributed by atoms with E-state index in [0.717, 1.165) is 19.3 Å². The Kier molecular flexibility index (Phi) is 18.0. The highest BCUT2D eigenvalue weighted by atomic mass is 31.2. The topological polar surface area (TPSA) is 26.3 Å². The normalized spacial score (nSPS) is 14.0. The lowest BCUT2D eigenvalue weighted by Crippen LogP contribution is -1.94. The molecule has 0 aromatic heterocycles. The molecule has 0 aromatic carbocycles. The summed E-state index contributed by atoms with van der Waals surface area (Å²) >= 11 is 0. The van der Waals surface area contributed by atoms with Crippen LogP contribution < -0.4 is 0 Å². The maximum atomic E-state index is 13.5. The summed E-state index contributed by atoms with van der Waals surface area (Å²) in [5.41, 5.74) is 0. The van der Waals surface area contributed by atoms with Crippen LogP contribution in [-0.4, -0.2) is 12.8 Å². The Morgan fingerprint density at radius 2 is 1.00 bits per heavy atom. The van der Waals surface area contributed by atoms with Crippen molar-refractivity contribution in [1.29, 1.82) is 0 Å². The molecule has 0 saturated carbocycles. The summed E-state index contributed by atoms with van der Waals surface area (Å²) in [4.78, 5) is 0. The Bertz CT molecular complexity index is 297. The molecule has 0 bridgehead atoms. The molecule has 146 valence electrons. The van der Waals surface area contributed by atoms with Crippen molar-refractivity contribution >= 4 is 7.68 Å². The third-order valence-corrected chi connectivity index (χ3v) is 5.98. The summed E-state index contributed by atoms with van der Waals surface area (Å²) in [6.07, 6.45) is 19.7. The Morgan fingerprint density at radius 3 is 1.42 bits per heavy atom. The minimum atomic E-state index is -3.80. The van der Waals surface area contributed by atoms with Gasteiger partial charge in [0.15, 0.2) is 0 Å². The first-order valence-electron chi connectivity index (χ1n) is 10.6. The molecule has 0 aliphatic carbocycles. The first-order chi connectivity index (χ1) is 11.6. The van der Waals surface area contributed by atoms with E-state index in [1.807, 2.05) is 6.92 Å². The molecule has 0 spiro atoms. The lowest BCUT2D eigenvalue weighted by atomic mass is 10.0. The Balaban J connectivity index is 3.16. The Hall–Kier alpha value is 0.120. The van der Waals surface area contributed by atoms with Crippen LogP contribution in [0.4, 0.5) is 4.20 Å². The van der Waals surface area contributed by atoms with E-state index in [1.54, 1.807) is 0 Å². The van der Waals surface area contributed by atoms with Crippen LogP contribution in [0.2, 0.25) is 0 Å². The van der Waals surface area contributed by atoms with E-state index in [2.05, 4.69) is 6.92 Å². The average Bonchev–Trinajstić information content (AvgIpc) is 2.56. The number of halogens is 1. The Morgan fingerprint density at radius 1 is 0.625 bits per heavy atom. The van der Waals surface area contributed by atoms with Crippen LogP contribution in [-0.2, 0) is 9.09 Å². The SMILES string of the molecule is CCCCCCCCCCCCCCCCO[P@](=O)(F)CCCC. The van der Waals surface area contributed by atoms with Crippen molar-refractivity contribution in [3.05, 3.63) is 0 Å². The van der Waals surface area contributed by atoms with Crippen LogP contribution in [0.3, 0.4) is 0 Å². The third kappa shape index (κ3) is 18.5. The second-order valence-corrected chi connectivity index (χ2v) is 8.98. The van der Waals surface area contributed by atoms with Crippen molar-refractivity contribution in [1.82, 2.24) is 0 Å². The molecule has 0 heterocycles. The molecule has 0 aromatic rings. The zero-order valence-electron chi connectivity index (χ0n) is 16.4. The minimum Gasteiger partial charge on any atom is -0.306 e. The van der Waals surface area contributed by atoms with E-state index >= 15 is 0 Å². The summed E-state index contributed by atoms with van der Waals surface area (Å²) in [6.45, 7) is 4.54. The van der Waals surface area contributed by atoms with Gasteiger partial charge in [0.25, 0.3) is 0 Å². The van der Waals surface area contributed by atoms with E-state index in [-0.39, 0.29) is 6.16 Å². The van der Waals surface area contributed by atoms with E-state index in [4.69, 9.17) is 4.52 Å². The number of rotatable bonds is 19. The summed E-state index contributed by atoms with van der Waals surface area (Å²) in [5.74, 6) is 0. The lowest BCUT2D eigenvalue weighted by molar-refractivity contribution is 0.277. The van der Waals surface area contributed by atoms with Gasteiger partial charge in [0, 0.05) is 0 Å². The molecule has 0 aliphatic rings. The molecule has 0 radical (unpaired) electrons. The van der Waals surface area contributed by atoms with Gasteiger partial charge < -0.3 is 4.52 Å². The van der Waals surface area contributed by atoms with Gasteiger partial charge in [-0.2, -0.15) is 4.20 Å². The molecule has 1 atom stereocenters. The van der Waals surface area contributed by atoms with E-state index in [0.29, 0.717) is 13.0 Å². The number of hydrogen-bond acceptors (Lipinski definition) is 2. The monoisotopic (exact) mass is 364 g/mol. The van der Waals surface area contributed by atoms with Crippen LogP contribution in [0.1, 0.15) is 117 Å². The van der Waals surface area contributed by atoms with Crippen molar-refractivity contribution < 1.29 is 13.3 Å². The van der Waals surface area contributed by atoms with Crippen molar-refractivity contribution in [2.24, 2.45) is 0 Å². The third-order valence-electron chi connectivity index (χ3n) is 4.56. The highest BCUT2D eigenvalue weighted by Gasteiger charge is 2.20. The fraction of sp³-hybridized carbons (Fsp3) is 1.00. The molecule has 0 N–H and O–H groups in total. The predicted molar refractivity (Wildman–Crippen MR) is 105 cm³/mol. The lowest BCUT2D eigenvalue weighted by Gasteiger charge is -2.09. The molecular formula is C20H42FO2P. The molecule has 24 heavy (non-hydrogen) atoms. The van der Waals surface area contributed by atoms with Crippen molar-refractivity contribution in [2.45, 2.75) is 117 Å². The van der Waals surface area contributed by atoms with Gasteiger partial charge in [-0.05, 0) is 12.8 Å². The molecule has 0 aliphatic heterocycles. The molecule has 0 unspecified atom stereocenters. The minimum absolute atomic E-state index is 0.0854. The van der Waals surface area contributed by atoms with E-state index in [1.165, 1.54) is 77.0 Å². The largest absolute Gasteiger partial charge is 0.367 e. The molecule has 0 fully saturated rings. The molecule has 0 rings (SSSR count). The summed E-state index contributed by atoms with van der Waals surface area (Å²) in [7, 11) is -3.80. The van der Waals surface area contributed by atoms with Gasteiger partial charge in [-0.3, -0.25) is 4.57 Å². The average molecular weight is 365 g/mol. The fourth-order valence-electron chi connectivity index (χ4n) is 2.91. The van der Waals surface area contributed by atoms with Gasteiger partial charge in [0.2, 0.25) is 0 Å². The van der Waals surface area contributed by atoms with Crippen LogP contribution in [0.25, 0.3) is 0 Å². The van der Waals surface area contributed by atoms with Crippen molar-refractivity contribution in [3.63, 3.8) is 0 Å². The first-order valence-corrected chi connectivity index (χ1v) is 12.3. The van der Waals surface area contributed by atoms with Crippen LogP contribution in [0, 0.1) is 0 Å². The number of hydrogen-bond donors (Lipinski definition) is 0. The maximum Gasteiger partial charge on any atom is 0.367 e. The van der Waals surface area contributed by atoms with Crippen molar-refractivity contribution in [3.8, 4) is 0 Å². The second-order valence-electron chi connectivity index (χ2n) is 7.10. The summed E-state index contributed by atoms with van der Waals surface area (Å²) in [5, 5.41) is 0. The molecule has 0 amide bonds. The van der Waals surface area contributed by atoms with Gasteiger partial charge in [-0.15, -0.1) is 0 Å². The molecule has 2 nitrogen and oxygen atoms in total. The zero-order valence-corrected chi connectivity index (χ0v) is 17.3. The number of unbranched alkanes of at least 4 members (excludes halogenated alkanes) is 14. The van der Waals surface area contributed by atoms with Crippen molar-refractivity contribution in [2.75, 3.05) is 12.8 Å². The van der Waals surface area contributed by atoms with Gasteiger partial charge in [-0.1, -0.05) is 104 Å². The van der Waals surface area contributed by atoms with E-state index in [9.17, 15) is 8.76 Å². The first kappa shape index (κ1) is 24.1. The zero-order chi connectivity index (χ0) is 17.9. The van der Waals surface area contributed by atoms with Gasteiger partial charge in [0.05, 0.1) is 12.8 Å². The van der Waals surface area contributed by atoms with E-state index < -0.39 is 7.68 Å². The summed E-state index contributed by atoms with van der Waals surface area (Å²) in [6, 6.07) is 0. The second kappa shape index (κ2) is 17.9. The van der Waals surface area contributed by atoms with Crippen LogP contribution in [0.5, 0.6) is 0 Å². The standard InChI is InChI=1S/C20H42FO2P/c1-3-5-7-8-9-10-11-12-13-14-15-16-17-18-19-23-24(21,22)20-6-4-2/h3-20H2,1-2H3/t24-/m0/s1. The molecule has 0 saturated heterocycles. The highest BCUT2D eigenvalue weighted by molar-refractivity contribution is 7.53. The smallest absolute Gasteiger partial charge is 0.306 e. The van der Waals surface area contributed by atoms with Crippen LogP contribution in [0.15, 0.2) is 0 Å². The van der Waals surface area contributed by atoms with Crippen LogP contribution >= 0.6 is 7.68 Å². The summed E-state index contributed by atoms with van der Waals surface area (Å²) < 4.78 is 29.8.